The molecule has 0 aromatic heterocycles. The van der Waals surface area contributed by atoms with Crippen LogP contribution in [0.15, 0.2) is 48.5 Å². The summed E-state index contributed by atoms with van der Waals surface area (Å²) in [5.74, 6) is -0.198. The lowest BCUT2D eigenvalue weighted by atomic mass is 9.87. The van der Waals surface area contributed by atoms with E-state index >= 15 is 0 Å². The topological polar surface area (TPSA) is 23.6 Å². The van der Waals surface area contributed by atoms with Crippen molar-refractivity contribution in [3.05, 3.63) is 71.0 Å². The first-order chi connectivity index (χ1) is 13.7. The largest absolute Gasteiger partial charge is 0.302 e. The number of carbonyl (C=O) groups excluding carboxylic acids is 1. The Morgan fingerprint density at radius 3 is 2.64 bits per heavy atom. The zero-order chi connectivity index (χ0) is 19.3. The van der Waals surface area contributed by atoms with Gasteiger partial charge in [0, 0.05) is 44.2 Å². The average Bonchev–Trinajstić information content (AvgIpc) is 2.98. The summed E-state index contributed by atoms with van der Waals surface area (Å²) in [7, 11) is 0. The van der Waals surface area contributed by atoms with Crippen molar-refractivity contribution in [3.8, 4) is 0 Å². The molecule has 1 fully saturated rings. The van der Waals surface area contributed by atoms with Crippen LogP contribution in [0.1, 0.15) is 53.2 Å². The lowest BCUT2D eigenvalue weighted by molar-refractivity contribution is 0.0964. The van der Waals surface area contributed by atoms with Crippen molar-refractivity contribution in [2.75, 3.05) is 32.7 Å². The number of carbonyl (C=O) groups is 1. The number of nitrogens with zero attached hydrogens (tertiary/aromatic N) is 2. The van der Waals surface area contributed by atoms with E-state index in [9.17, 15) is 9.18 Å². The molecule has 2 aromatic carbocycles. The second-order valence-electron chi connectivity index (χ2n) is 8.02. The fourth-order valence-corrected chi connectivity index (χ4v) is 4.67. The number of ketones is 1. The summed E-state index contributed by atoms with van der Waals surface area (Å²) in [5, 5.41) is 0. The highest BCUT2D eigenvalue weighted by Crippen LogP contribution is 2.34. The molecule has 1 aliphatic carbocycles. The van der Waals surface area contributed by atoms with Gasteiger partial charge in [0.15, 0.2) is 5.78 Å². The summed E-state index contributed by atoms with van der Waals surface area (Å²) in [5.41, 5.74) is 3.65. The average molecular weight is 381 g/mol. The SMILES string of the molecule is O=C(CCN1CCCN(C2CCCc3ccccc32)CC1)c1ccc(F)cc1. The summed E-state index contributed by atoms with van der Waals surface area (Å²) < 4.78 is 13.0. The number of fused-ring (bicyclic) bond motifs is 1. The van der Waals surface area contributed by atoms with Gasteiger partial charge in [-0.15, -0.1) is 0 Å². The van der Waals surface area contributed by atoms with Gasteiger partial charge < -0.3 is 4.90 Å². The third-order valence-corrected chi connectivity index (χ3v) is 6.22. The van der Waals surface area contributed by atoms with Gasteiger partial charge in [0.2, 0.25) is 0 Å². The Morgan fingerprint density at radius 1 is 0.964 bits per heavy atom. The lowest BCUT2D eigenvalue weighted by Gasteiger charge is -2.35. The molecule has 2 aliphatic rings. The molecule has 1 atom stereocenters. The molecule has 3 nitrogen and oxygen atoms in total. The molecule has 4 heteroatoms. The van der Waals surface area contributed by atoms with E-state index in [0.29, 0.717) is 18.0 Å². The minimum Gasteiger partial charge on any atom is -0.302 e. The molecule has 0 spiro atoms. The molecule has 4 rings (SSSR count). The Labute approximate surface area is 167 Å². The minimum absolute atomic E-state index is 0.0994. The third-order valence-electron chi connectivity index (χ3n) is 6.22. The van der Waals surface area contributed by atoms with Gasteiger partial charge in [-0.05, 0) is 67.6 Å². The van der Waals surface area contributed by atoms with Gasteiger partial charge in [0.25, 0.3) is 0 Å². The predicted octanol–water partition coefficient (Wildman–Crippen LogP) is 4.48. The van der Waals surface area contributed by atoms with Crippen LogP contribution < -0.4 is 0 Å². The predicted molar refractivity (Wildman–Crippen MR) is 110 cm³/mol. The molecular weight excluding hydrogens is 351 g/mol. The molecule has 1 aliphatic heterocycles. The van der Waals surface area contributed by atoms with Gasteiger partial charge >= 0.3 is 0 Å². The lowest BCUT2D eigenvalue weighted by Crippen LogP contribution is -2.35. The maximum Gasteiger partial charge on any atom is 0.164 e. The highest BCUT2D eigenvalue weighted by Gasteiger charge is 2.27. The van der Waals surface area contributed by atoms with E-state index in [4.69, 9.17) is 0 Å². The number of Topliss-reactive ketones (excluding diaryl/α,β-unsaturated/α-hetero) is 1. The summed E-state index contributed by atoms with van der Waals surface area (Å²) in [4.78, 5) is 17.4. The van der Waals surface area contributed by atoms with Gasteiger partial charge in [-0.25, -0.2) is 4.39 Å². The maximum absolute atomic E-state index is 13.0. The molecule has 2 aromatic rings. The monoisotopic (exact) mass is 380 g/mol. The Hall–Kier alpha value is -2.04. The van der Waals surface area contributed by atoms with E-state index < -0.39 is 0 Å². The van der Waals surface area contributed by atoms with E-state index in [1.165, 1.54) is 42.5 Å². The second-order valence-corrected chi connectivity index (χ2v) is 8.02. The van der Waals surface area contributed by atoms with Crippen LogP contribution in [-0.2, 0) is 6.42 Å². The number of hydrogen-bond acceptors (Lipinski definition) is 3. The van der Waals surface area contributed by atoms with E-state index in [1.54, 1.807) is 12.1 Å². The van der Waals surface area contributed by atoms with Crippen molar-refractivity contribution in [1.29, 1.82) is 0 Å². The van der Waals surface area contributed by atoms with Crippen LogP contribution in [0, 0.1) is 5.82 Å². The van der Waals surface area contributed by atoms with E-state index in [-0.39, 0.29) is 11.6 Å². The maximum atomic E-state index is 13.0. The number of halogens is 1. The van der Waals surface area contributed by atoms with Crippen molar-refractivity contribution in [3.63, 3.8) is 0 Å². The van der Waals surface area contributed by atoms with Crippen molar-refractivity contribution >= 4 is 5.78 Å². The van der Waals surface area contributed by atoms with Crippen LogP contribution in [-0.4, -0.2) is 48.3 Å². The van der Waals surface area contributed by atoms with Crippen LogP contribution in [0.4, 0.5) is 4.39 Å². The normalized spacial score (nSPS) is 21.1. The minimum atomic E-state index is -0.298. The second kappa shape index (κ2) is 8.97. The standard InChI is InChI=1S/C24H29FN2O/c25-21-11-9-20(10-12-21)24(28)13-16-26-14-4-15-27(18-17-26)23-8-3-6-19-5-1-2-7-22(19)23/h1-2,5,7,9-12,23H,3-4,6,8,13-18H2. The highest BCUT2D eigenvalue weighted by atomic mass is 19.1. The summed E-state index contributed by atoms with van der Waals surface area (Å²) in [6, 6.07) is 15.4. The fraction of sp³-hybridized carbons (Fsp3) is 0.458. The van der Waals surface area contributed by atoms with Crippen molar-refractivity contribution in [2.24, 2.45) is 0 Å². The Morgan fingerprint density at radius 2 is 1.79 bits per heavy atom. The molecule has 0 amide bonds. The number of aryl methyl sites for hydroxylation is 1. The van der Waals surface area contributed by atoms with Crippen LogP contribution in [0.25, 0.3) is 0 Å². The first kappa shape index (κ1) is 19.3. The zero-order valence-electron chi connectivity index (χ0n) is 16.4. The smallest absolute Gasteiger partial charge is 0.164 e. The fourth-order valence-electron chi connectivity index (χ4n) is 4.67. The Kier molecular flexibility index (Phi) is 6.18. The Bertz CT molecular complexity index is 805. The molecule has 1 saturated heterocycles. The first-order valence-electron chi connectivity index (χ1n) is 10.5. The van der Waals surface area contributed by atoms with Crippen LogP contribution in [0.2, 0.25) is 0 Å². The summed E-state index contributed by atoms with van der Waals surface area (Å²) >= 11 is 0. The molecule has 0 saturated carbocycles. The van der Waals surface area contributed by atoms with Gasteiger partial charge in [-0.3, -0.25) is 9.69 Å². The number of hydrogen-bond donors (Lipinski definition) is 0. The van der Waals surface area contributed by atoms with E-state index in [1.807, 2.05) is 0 Å². The molecular formula is C24H29FN2O. The van der Waals surface area contributed by atoms with Gasteiger partial charge in [-0.1, -0.05) is 24.3 Å². The van der Waals surface area contributed by atoms with Crippen molar-refractivity contribution < 1.29 is 9.18 Å². The van der Waals surface area contributed by atoms with Crippen LogP contribution in [0.3, 0.4) is 0 Å². The molecule has 0 bridgehead atoms. The van der Waals surface area contributed by atoms with E-state index in [0.717, 1.165) is 39.1 Å². The molecule has 1 unspecified atom stereocenters. The van der Waals surface area contributed by atoms with Crippen LogP contribution in [0.5, 0.6) is 0 Å². The quantitative estimate of drug-likeness (QED) is 0.715. The summed E-state index contributed by atoms with van der Waals surface area (Å²) in [6.07, 6.45) is 5.37. The van der Waals surface area contributed by atoms with Crippen LogP contribution >= 0.6 is 0 Å². The number of rotatable bonds is 5. The van der Waals surface area contributed by atoms with Gasteiger partial charge in [0.05, 0.1) is 0 Å². The number of benzene rings is 2. The molecule has 1 heterocycles. The molecule has 0 radical (unpaired) electrons. The third kappa shape index (κ3) is 4.50. The Balaban J connectivity index is 1.32. The van der Waals surface area contributed by atoms with Crippen molar-refractivity contribution in [1.82, 2.24) is 9.80 Å². The molecule has 0 N–H and O–H groups in total. The molecule has 28 heavy (non-hydrogen) atoms. The van der Waals surface area contributed by atoms with Crippen molar-refractivity contribution in [2.45, 2.75) is 38.1 Å². The van der Waals surface area contributed by atoms with E-state index in [2.05, 4.69) is 34.1 Å². The summed E-state index contributed by atoms with van der Waals surface area (Å²) in [6.45, 7) is 5.02. The molecule has 148 valence electrons. The zero-order valence-corrected chi connectivity index (χ0v) is 16.4. The van der Waals surface area contributed by atoms with Gasteiger partial charge in [-0.2, -0.15) is 0 Å². The first-order valence-corrected chi connectivity index (χ1v) is 10.5. The van der Waals surface area contributed by atoms with Gasteiger partial charge in [0.1, 0.15) is 5.82 Å². The highest BCUT2D eigenvalue weighted by molar-refractivity contribution is 5.96.